The lowest BCUT2D eigenvalue weighted by atomic mass is 9.78. The summed E-state index contributed by atoms with van der Waals surface area (Å²) >= 11 is 0. The Morgan fingerprint density at radius 2 is 2.00 bits per heavy atom. The fourth-order valence-corrected chi connectivity index (χ4v) is 3.24. The van der Waals surface area contributed by atoms with E-state index < -0.39 is 0 Å². The minimum Gasteiger partial charge on any atom is -0.353 e. The largest absolute Gasteiger partial charge is 0.353 e. The smallest absolute Gasteiger partial charge is 0.251 e. The van der Waals surface area contributed by atoms with Gasteiger partial charge in [0.1, 0.15) is 0 Å². The van der Waals surface area contributed by atoms with Crippen molar-refractivity contribution in [3.8, 4) is 0 Å². The summed E-state index contributed by atoms with van der Waals surface area (Å²) in [6, 6.07) is 7.73. The minimum absolute atomic E-state index is 0.0282. The molecule has 23 heavy (non-hydrogen) atoms. The Morgan fingerprint density at radius 3 is 2.74 bits per heavy atom. The Morgan fingerprint density at radius 1 is 1.22 bits per heavy atom. The molecule has 2 N–H and O–H groups in total. The predicted octanol–water partition coefficient (Wildman–Crippen LogP) is 3.06. The molecule has 1 aromatic carbocycles. The van der Waals surface area contributed by atoms with E-state index in [1.165, 1.54) is 12.8 Å². The number of hydrogen-bond donors (Lipinski definition) is 2. The molecule has 4 heteroatoms. The van der Waals surface area contributed by atoms with Crippen LogP contribution in [-0.4, -0.2) is 24.4 Å². The maximum Gasteiger partial charge on any atom is 0.251 e. The SMILES string of the molecule is Cc1cccc(C(=O)NCCC(=O)NC2CCCC(C)C2C)c1. The summed E-state index contributed by atoms with van der Waals surface area (Å²) < 4.78 is 0. The van der Waals surface area contributed by atoms with Gasteiger partial charge in [0, 0.05) is 24.6 Å². The average Bonchev–Trinajstić information content (AvgIpc) is 2.52. The van der Waals surface area contributed by atoms with Crippen LogP contribution < -0.4 is 10.6 Å². The molecule has 0 spiro atoms. The van der Waals surface area contributed by atoms with Crippen LogP contribution in [0.25, 0.3) is 0 Å². The third-order valence-electron chi connectivity index (χ3n) is 4.97. The van der Waals surface area contributed by atoms with Crippen LogP contribution >= 0.6 is 0 Å². The second-order valence-electron chi connectivity index (χ2n) is 6.82. The van der Waals surface area contributed by atoms with E-state index in [9.17, 15) is 9.59 Å². The van der Waals surface area contributed by atoms with Crippen molar-refractivity contribution in [2.24, 2.45) is 11.8 Å². The van der Waals surface area contributed by atoms with E-state index in [0.29, 0.717) is 30.4 Å². The number of aryl methyl sites for hydroxylation is 1. The molecule has 1 aliphatic carbocycles. The van der Waals surface area contributed by atoms with Crippen molar-refractivity contribution >= 4 is 11.8 Å². The van der Waals surface area contributed by atoms with Gasteiger partial charge >= 0.3 is 0 Å². The van der Waals surface area contributed by atoms with Crippen molar-refractivity contribution in [1.82, 2.24) is 10.6 Å². The van der Waals surface area contributed by atoms with Crippen LogP contribution in [0.5, 0.6) is 0 Å². The molecule has 126 valence electrons. The second kappa shape index (κ2) is 8.14. The molecule has 0 heterocycles. The molecule has 0 aliphatic heterocycles. The summed E-state index contributed by atoms with van der Waals surface area (Å²) in [5, 5.41) is 5.95. The highest BCUT2D eigenvalue weighted by molar-refractivity contribution is 5.94. The number of carbonyl (C=O) groups is 2. The Hall–Kier alpha value is -1.84. The van der Waals surface area contributed by atoms with Crippen LogP contribution in [0.1, 0.15) is 55.5 Å². The van der Waals surface area contributed by atoms with E-state index in [1.54, 1.807) is 6.07 Å². The predicted molar refractivity (Wildman–Crippen MR) is 92.2 cm³/mol. The van der Waals surface area contributed by atoms with Crippen molar-refractivity contribution < 1.29 is 9.59 Å². The fraction of sp³-hybridized carbons (Fsp3) is 0.579. The van der Waals surface area contributed by atoms with Crippen molar-refractivity contribution in [3.63, 3.8) is 0 Å². The molecule has 0 saturated heterocycles. The van der Waals surface area contributed by atoms with Crippen LogP contribution in [0.15, 0.2) is 24.3 Å². The van der Waals surface area contributed by atoms with Gasteiger partial charge < -0.3 is 10.6 Å². The van der Waals surface area contributed by atoms with Crippen molar-refractivity contribution in [1.29, 1.82) is 0 Å². The van der Waals surface area contributed by atoms with E-state index in [0.717, 1.165) is 12.0 Å². The lowest BCUT2D eigenvalue weighted by Gasteiger charge is -2.34. The Labute approximate surface area is 139 Å². The molecule has 0 bridgehead atoms. The quantitative estimate of drug-likeness (QED) is 0.877. The van der Waals surface area contributed by atoms with Gasteiger partial charge in [-0.3, -0.25) is 9.59 Å². The van der Waals surface area contributed by atoms with Crippen molar-refractivity contribution in [3.05, 3.63) is 35.4 Å². The Bertz CT molecular complexity index is 556. The molecule has 4 nitrogen and oxygen atoms in total. The zero-order chi connectivity index (χ0) is 16.8. The number of amides is 2. The highest BCUT2D eigenvalue weighted by Crippen LogP contribution is 2.29. The maximum absolute atomic E-state index is 12.1. The second-order valence-corrected chi connectivity index (χ2v) is 6.82. The van der Waals surface area contributed by atoms with Gasteiger partial charge in [0.15, 0.2) is 0 Å². The highest BCUT2D eigenvalue weighted by Gasteiger charge is 2.27. The monoisotopic (exact) mass is 316 g/mol. The number of hydrogen-bond acceptors (Lipinski definition) is 2. The van der Waals surface area contributed by atoms with Crippen LogP contribution in [0.2, 0.25) is 0 Å². The van der Waals surface area contributed by atoms with E-state index >= 15 is 0 Å². The summed E-state index contributed by atoms with van der Waals surface area (Å²) in [6.07, 6.45) is 3.82. The van der Waals surface area contributed by atoms with Crippen molar-refractivity contribution in [2.45, 2.75) is 52.5 Å². The van der Waals surface area contributed by atoms with Gasteiger partial charge in [-0.05, 0) is 37.3 Å². The zero-order valence-corrected chi connectivity index (χ0v) is 14.4. The van der Waals surface area contributed by atoms with E-state index in [4.69, 9.17) is 0 Å². The first-order valence-electron chi connectivity index (χ1n) is 8.61. The summed E-state index contributed by atoms with van der Waals surface area (Å²) in [6.45, 7) is 6.80. The van der Waals surface area contributed by atoms with Gasteiger partial charge in [-0.1, -0.05) is 44.4 Å². The average molecular weight is 316 g/mol. The Kier molecular flexibility index (Phi) is 6.20. The first-order chi connectivity index (χ1) is 11.0. The van der Waals surface area contributed by atoms with Crippen LogP contribution in [0.4, 0.5) is 0 Å². The van der Waals surface area contributed by atoms with Crippen LogP contribution in [-0.2, 0) is 4.79 Å². The number of rotatable bonds is 5. The minimum atomic E-state index is -0.124. The summed E-state index contributed by atoms with van der Waals surface area (Å²) in [5.41, 5.74) is 1.69. The number of benzene rings is 1. The molecule has 2 amide bonds. The molecule has 1 saturated carbocycles. The van der Waals surface area contributed by atoms with Crippen LogP contribution in [0.3, 0.4) is 0 Å². The number of nitrogens with one attached hydrogen (secondary N) is 2. The van der Waals surface area contributed by atoms with Crippen molar-refractivity contribution in [2.75, 3.05) is 6.54 Å². The molecule has 1 fully saturated rings. The van der Waals surface area contributed by atoms with Gasteiger partial charge in [-0.25, -0.2) is 0 Å². The molecule has 1 aliphatic rings. The fourth-order valence-electron chi connectivity index (χ4n) is 3.24. The van der Waals surface area contributed by atoms with Gasteiger partial charge in [0.25, 0.3) is 5.91 Å². The summed E-state index contributed by atoms with van der Waals surface area (Å²) in [7, 11) is 0. The third-order valence-corrected chi connectivity index (χ3v) is 4.97. The first kappa shape index (κ1) is 17.5. The van der Waals surface area contributed by atoms with Crippen LogP contribution in [0, 0.1) is 18.8 Å². The summed E-state index contributed by atoms with van der Waals surface area (Å²) in [5.74, 6) is 1.09. The maximum atomic E-state index is 12.1. The number of carbonyl (C=O) groups excluding carboxylic acids is 2. The molecular formula is C19H28N2O2. The van der Waals surface area contributed by atoms with Gasteiger partial charge in [0.05, 0.1) is 0 Å². The molecule has 0 aromatic heterocycles. The molecule has 1 aromatic rings. The first-order valence-corrected chi connectivity index (χ1v) is 8.61. The Balaban J connectivity index is 1.73. The molecule has 3 unspecified atom stereocenters. The standard InChI is InChI=1S/C19H28N2O2/c1-13-6-4-8-16(12-13)19(23)20-11-10-18(22)21-17-9-5-7-14(2)15(17)3/h4,6,8,12,14-15,17H,5,7,9-11H2,1-3H3,(H,20,23)(H,21,22). The third kappa shape index (κ3) is 5.08. The molecule has 3 atom stereocenters. The zero-order valence-electron chi connectivity index (χ0n) is 14.4. The van der Waals surface area contributed by atoms with E-state index in [2.05, 4.69) is 24.5 Å². The normalized spacial score (nSPS) is 24.0. The van der Waals surface area contributed by atoms with Gasteiger partial charge in [-0.15, -0.1) is 0 Å². The van der Waals surface area contributed by atoms with E-state index in [1.807, 2.05) is 25.1 Å². The van der Waals surface area contributed by atoms with E-state index in [-0.39, 0.29) is 17.9 Å². The lowest BCUT2D eigenvalue weighted by molar-refractivity contribution is -0.122. The summed E-state index contributed by atoms with van der Waals surface area (Å²) in [4.78, 5) is 24.1. The van der Waals surface area contributed by atoms with Gasteiger partial charge in [-0.2, -0.15) is 0 Å². The highest BCUT2D eigenvalue weighted by atomic mass is 16.2. The molecule has 2 rings (SSSR count). The topological polar surface area (TPSA) is 58.2 Å². The molecular weight excluding hydrogens is 288 g/mol. The lowest BCUT2D eigenvalue weighted by Crippen LogP contribution is -2.44. The van der Waals surface area contributed by atoms with Gasteiger partial charge in [0.2, 0.25) is 5.91 Å². The molecule has 0 radical (unpaired) electrons.